The van der Waals surface area contributed by atoms with E-state index in [1.165, 1.54) is 22.1 Å². The van der Waals surface area contributed by atoms with E-state index in [0.29, 0.717) is 6.42 Å². The van der Waals surface area contributed by atoms with Gasteiger partial charge in [-0.2, -0.15) is 0 Å². The summed E-state index contributed by atoms with van der Waals surface area (Å²) < 4.78 is 0. The molecule has 0 spiro atoms. The zero-order valence-electron chi connectivity index (χ0n) is 11.1. The van der Waals surface area contributed by atoms with Gasteiger partial charge < -0.3 is 0 Å². The van der Waals surface area contributed by atoms with Gasteiger partial charge in [-0.3, -0.25) is 4.79 Å². The van der Waals surface area contributed by atoms with Crippen LogP contribution in [0.5, 0.6) is 0 Å². The lowest BCUT2D eigenvalue weighted by Crippen LogP contribution is -2.10. The first-order chi connectivity index (χ1) is 9.84. The predicted octanol–water partition coefficient (Wildman–Crippen LogP) is 4.64. The van der Waals surface area contributed by atoms with Gasteiger partial charge in [0.05, 0.1) is 0 Å². The number of aryl methyl sites for hydroxylation is 1. The van der Waals surface area contributed by atoms with Crippen LogP contribution in [0.15, 0.2) is 60.7 Å². The molecular weight excluding hydrogens is 244 g/mol. The van der Waals surface area contributed by atoms with Crippen LogP contribution in [0.3, 0.4) is 0 Å². The van der Waals surface area contributed by atoms with Crippen molar-refractivity contribution in [2.45, 2.75) is 12.8 Å². The molecule has 0 N–H and O–H groups in total. The number of hydrogen-bond acceptors (Lipinski definition) is 1. The van der Waals surface area contributed by atoms with Gasteiger partial charge in [-0.25, -0.2) is 0 Å². The van der Waals surface area contributed by atoms with Gasteiger partial charge in [-0.15, -0.1) is 0 Å². The molecule has 1 heteroatoms. The molecule has 0 aliphatic heterocycles. The summed E-state index contributed by atoms with van der Waals surface area (Å²) in [6, 6.07) is 20.8. The minimum atomic E-state index is 0.272. The lowest BCUT2D eigenvalue weighted by atomic mass is 9.83. The van der Waals surface area contributed by atoms with Crippen LogP contribution in [0.4, 0.5) is 0 Å². The van der Waals surface area contributed by atoms with E-state index in [9.17, 15) is 4.79 Å². The van der Waals surface area contributed by atoms with E-state index in [-0.39, 0.29) is 5.78 Å². The highest BCUT2D eigenvalue weighted by Gasteiger charge is 2.21. The Hall–Kier alpha value is -2.41. The Morgan fingerprint density at radius 2 is 1.55 bits per heavy atom. The molecule has 0 saturated carbocycles. The van der Waals surface area contributed by atoms with Crippen LogP contribution in [0, 0.1) is 0 Å². The quantitative estimate of drug-likeness (QED) is 0.621. The smallest absolute Gasteiger partial charge is 0.163 e. The van der Waals surface area contributed by atoms with Gasteiger partial charge in [0.25, 0.3) is 0 Å². The fourth-order valence-corrected chi connectivity index (χ4v) is 3.21. The van der Waals surface area contributed by atoms with E-state index < -0.39 is 0 Å². The first kappa shape index (κ1) is 11.4. The average molecular weight is 258 g/mol. The number of hydrogen-bond donors (Lipinski definition) is 0. The SMILES string of the molecule is O=C1CCc2c(-c3ccccc3)ccc3cccc1c23. The summed E-state index contributed by atoms with van der Waals surface area (Å²) in [5, 5.41) is 2.33. The number of benzene rings is 3. The van der Waals surface area contributed by atoms with Gasteiger partial charge in [0.1, 0.15) is 0 Å². The third-order valence-electron chi connectivity index (χ3n) is 4.14. The normalized spacial score (nSPS) is 13.7. The summed E-state index contributed by atoms with van der Waals surface area (Å²) in [4.78, 5) is 12.1. The zero-order chi connectivity index (χ0) is 13.5. The molecule has 0 bridgehead atoms. The van der Waals surface area contributed by atoms with Gasteiger partial charge in [-0.05, 0) is 33.9 Å². The van der Waals surface area contributed by atoms with Gasteiger partial charge in [0.15, 0.2) is 5.78 Å². The molecule has 0 fully saturated rings. The molecule has 0 amide bonds. The lowest BCUT2D eigenvalue weighted by Gasteiger charge is -2.20. The molecule has 1 nitrogen and oxygen atoms in total. The average Bonchev–Trinajstić information content (AvgIpc) is 2.52. The molecule has 1 aliphatic carbocycles. The fraction of sp³-hybridized carbons (Fsp3) is 0.105. The summed E-state index contributed by atoms with van der Waals surface area (Å²) in [5.41, 5.74) is 4.71. The molecule has 0 unspecified atom stereocenters. The van der Waals surface area contributed by atoms with E-state index in [1.54, 1.807) is 0 Å². The maximum absolute atomic E-state index is 12.1. The van der Waals surface area contributed by atoms with Gasteiger partial charge in [0.2, 0.25) is 0 Å². The van der Waals surface area contributed by atoms with E-state index in [4.69, 9.17) is 0 Å². The Labute approximate surface area is 117 Å². The number of Topliss-reactive ketones (excluding diaryl/α,β-unsaturated/α-hetero) is 1. The molecule has 0 radical (unpaired) electrons. The molecule has 0 atom stereocenters. The molecule has 20 heavy (non-hydrogen) atoms. The summed E-state index contributed by atoms with van der Waals surface area (Å²) in [7, 11) is 0. The highest BCUT2D eigenvalue weighted by Crippen LogP contribution is 2.36. The number of carbonyl (C=O) groups is 1. The van der Waals surface area contributed by atoms with Crippen LogP contribution in [0.2, 0.25) is 0 Å². The van der Waals surface area contributed by atoms with Crippen LogP contribution in [-0.4, -0.2) is 5.78 Å². The number of carbonyl (C=O) groups excluding carboxylic acids is 1. The van der Waals surface area contributed by atoms with Gasteiger partial charge in [0, 0.05) is 12.0 Å². The van der Waals surface area contributed by atoms with Crippen molar-refractivity contribution >= 4 is 16.6 Å². The third-order valence-corrected chi connectivity index (χ3v) is 4.14. The van der Waals surface area contributed by atoms with Crippen LogP contribution in [-0.2, 0) is 6.42 Å². The second-order valence-corrected chi connectivity index (χ2v) is 5.28. The van der Waals surface area contributed by atoms with Gasteiger partial charge in [-0.1, -0.05) is 60.7 Å². The summed E-state index contributed by atoms with van der Waals surface area (Å²) in [5.74, 6) is 0.272. The van der Waals surface area contributed by atoms with E-state index in [1.807, 2.05) is 18.2 Å². The highest BCUT2D eigenvalue weighted by molar-refractivity contribution is 6.12. The monoisotopic (exact) mass is 258 g/mol. The molecule has 0 heterocycles. The van der Waals surface area contributed by atoms with Crippen molar-refractivity contribution in [3.8, 4) is 11.1 Å². The number of rotatable bonds is 1. The topological polar surface area (TPSA) is 17.1 Å². The van der Waals surface area contributed by atoms with Crippen LogP contribution >= 0.6 is 0 Å². The Morgan fingerprint density at radius 3 is 2.40 bits per heavy atom. The zero-order valence-corrected chi connectivity index (χ0v) is 11.1. The summed E-state index contributed by atoms with van der Waals surface area (Å²) >= 11 is 0. The lowest BCUT2D eigenvalue weighted by molar-refractivity contribution is 0.0982. The Morgan fingerprint density at radius 1 is 0.700 bits per heavy atom. The van der Waals surface area contributed by atoms with Crippen molar-refractivity contribution in [2.24, 2.45) is 0 Å². The van der Waals surface area contributed by atoms with Crippen molar-refractivity contribution < 1.29 is 4.79 Å². The minimum Gasteiger partial charge on any atom is -0.294 e. The number of ketones is 1. The molecule has 0 saturated heterocycles. The maximum atomic E-state index is 12.1. The van der Waals surface area contributed by atoms with Crippen molar-refractivity contribution in [1.82, 2.24) is 0 Å². The van der Waals surface area contributed by atoms with Crippen LogP contribution in [0.1, 0.15) is 22.3 Å². The molecular formula is C19H14O. The molecule has 3 aromatic carbocycles. The van der Waals surface area contributed by atoms with Crippen molar-refractivity contribution in [1.29, 1.82) is 0 Å². The Bertz CT molecular complexity index is 816. The molecule has 4 rings (SSSR count). The Balaban J connectivity index is 2.09. The van der Waals surface area contributed by atoms with Crippen LogP contribution in [0.25, 0.3) is 21.9 Å². The van der Waals surface area contributed by atoms with E-state index in [2.05, 4.69) is 42.5 Å². The van der Waals surface area contributed by atoms with Crippen molar-refractivity contribution in [2.75, 3.05) is 0 Å². The molecule has 1 aliphatic rings. The fourth-order valence-electron chi connectivity index (χ4n) is 3.21. The summed E-state index contributed by atoms with van der Waals surface area (Å²) in [6.45, 7) is 0. The third kappa shape index (κ3) is 1.60. The second kappa shape index (κ2) is 4.31. The maximum Gasteiger partial charge on any atom is 0.163 e. The second-order valence-electron chi connectivity index (χ2n) is 5.28. The largest absolute Gasteiger partial charge is 0.294 e. The van der Waals surface area contributed by atoms with Crippen molar-refractivity contribution in [3.63, 3.8) is 0 Å². The van der Waals surface area contributed by atoms with E-state index in [0.717, 1.165) is 17.4 Å². The van der Waals surface area contributed by atoms with Crippen LogP contribution < -0.4 is 0 Å². The molecule has 96 valence electrons. The van der Waals surface area contributed by atoms with Crippen molar-refractivity contribution in [3.05, 3.63) is 71.8 Å². The standard InChI is InChI=1S/C19H14O/c20-18-12-11-16-15(13-5-2-1-3-6-13)10-9-14-7-4-8-17(18)19(14)16/h1-10H,11-12H2. The molecule has 0 aromatic heterocycles. The van der Waals surface area contributed by atoms with Gasteiger partial charge >= 0.3 is 0 Å². The first-order valence-electron chi connectivity index (χ1n) is 6.98. The Kier molecular flexibility index (Phi) is 2.46. The summed E-state index contributed by atoms with van der Waals surface area (Å²) in [6.07, 6.45) is 1.47. The highest BCUT2D eigenvalue weighted by atomic mass is 16.1. The minimum absolute atomic E-state index is 0.272. The van der Waals surface area contributed by atoms with E-state index >= 15 is 0 Å². The molecule has 3 aromatic rings. The predicted molar refractivity (Wildman–Crippen MR) is 82.0 cm³/mol. The first-order valence-corrected chi connectivity index (χ1v) is 6.98.